The number of anilines is 1. The molecule has 24 heavy (non-hydrogen) atoms. The second kappa shape index (κ2) is 6.48. The van der Waals surface area contributed by atoms with Crippen molar-refractivity contribution in [2.75, 3.05) is 11.9 Å². The van der Waals surface area contributed by atoms with Crippen molar-refractivity contribution >= 4 is 22.4 Å². The largest absolute Gasteiger partial charge is 0.480 e. The van der Waals surface area contributed by atoms with E-state index < -0.39 is 0 Å². The quantitative estimate of drug-likeness (QED) is 0.771. The van der Waals surface area contributed by atoms with Crippen LogP contribution >= 0.6 is 11.3 Å². The van der Waals surface area contributed by atoms with Gasteiger partial charge in [0.05, 0.1) is 17.1 Å². The van der Waals surface area contributed by atoms with Gasteiger partial charge in [-0.3, -0.25) is 14.8 Å². The lowest BCUT2D eigenvalue weighted by Crippen LogP contribution is -2.20. The van der Waals surface area contributed by atoms with Gasteiger partial charge in [-0.05, 0) is 26.0 Å². The van der Waals surface area contributed by atoms with Gasteiger partial charge in [-0.1, -0.05) is 0 Å². The van der Waals surface area contributed by atoms with E-state index in [9.17, 15) is 4.79 Å². The molecule has 0 aliphatic heterocycles. The summed E-state index contributed by atoms with van der Waals surface area (Å²) in [5.41, 5.74) is 3.50. The van der Waals surface area contributed by atoms with Crippen LogP contribution in [0.3, 0.4) is 0 Å². The molecule has 3 aromatic rings. The van der Waals surface area contributed by atoms with Gasteiger partial charge in [0.2, 0.25) is 0 Å². The van der Waals surface area contributed by atoms with Crippen LogP contribution in [-0.4, -0.2) is 31.8 Å². The van der Waals surface area contributed by atoms with Gasteiger partial charge in [0, 0.05) is 25.7 Å². The van der Waals surface area contributed by atoms with E-state index in [0.29, 0.717) is 10.9 Å². The molecule has 1 amide bonds. The van der Waals surface area contributed by atoms with E-state index in [-0.39, 0.29) is 12.5 Å². The molecule has 1 N–H and O–H groups in total. The smallest absolute Gasteiger partial charge is 0.264 e. The van der Waals surface area contributed by atoms with Crippen LogP contribution in [0.2, 0.25) is 0 Å². The molecule has 0 spiro atoms. The number of thiazole rings is 1. The number of hydrogen-bond donors (Lipinski definition) is 1. The molecule has 0 radical (unpaired) electrons. The van der Waals surface area contributed by atoms with Crippen molar-refractivity contribution in [2.45, 2.75) is 13.8 Å². The third kappa shape index (κ3) is 3.18. The molecule has 0 aliphatic rings. The lowest BCUT2D eigenvalue weighted by atomic mass is 10.3. The molecule has 0 aromatic carbocycles. The van der Waals surface area contributed by atoms with Crippen LogP contribution in [0, 0.1) is 13.8 Å². The lowest BCUT2D eigenvalue weighted by molar-refractivity contribution is -0.118. The van der Waals surface area contributed by atoms with Crippen LogP contribution in [0.5, 0.6) is 5.75 Å². The third-order valence-electron chi connectivity index (χ3n) is 3.75. The zero-order chi connectivity index (χ0) is 17.3. The minimum absolute atomic E-state index is 0.0769. The van der Waals surface area contributed by atoms with Crippen LogP contribution < -0.4 is 10.1 Å². The standard InChI is InChI=1S/C16H19N5O2S/c1-10-15(11(2)21(4)19-10)23-8-14(22)18-16-17-12(9-24-16)13-6-5-7-20(13)3/h5-7,9H,8H2,1-4H3,(H,17,18,22). The number of rotatable bonds is 5. The topological polar surface area (TPSA) is 74.0 Å². The average molecular weight is 345 g/mol. The molecule has 0 unspecified atom stereocenters. The number of amides is 1. The van der Waals surface area contributed by atoms with Crippen molar-refractivity contribution in [1.29, 1.82) is 0 Å². The Morgan fingerprint density at radius 2 is 2.17 bits per heavy atom. The van der Waals surface area contributed by atoms with Crippen molar-refractivity contribution in [3.05, 3.63) is 35.1 Å². The number of aryl methyl sites for hydroxylation is 3. The SMILES string of the molecule is Cc1nn(C)c(C)c1OCC(=O)Nc1nc(-c2cccn2C)cs1. The molecule has 126 valence electrons. The summed E-state index contributed by atoms with van der Waals surface area (Å²) in [5.74, 6) is 0.404. The minimum Gasteiger partial charge on any atom is -0.480 e. The fourth-order valence-electron chi connectivity index (χ4n) is 2.43. The van der Waals surface area contributed by atoms with E-state index >= 15 is 0 Å². The molecule has 7 nitrogen and oxygen atoms in total. The van der Waals surface area contributed by atoms with Crippen molar-refractivity contribution in [3.8, 4) is 17.1 Å². The minimum atomic E-state index is -0.245. The highest BCUT2D eigenvalue weighted by Crippen LogP contribution is 2.25. The van der Waals surface area contributed by atoms with Gasteiger partial charge in [-0.25, -0.2) is 4.98 Å². The predicted octanol–water partition coefficient (Wildman–Crippen LogP) is 2.52. The molecule has 0 bridgehead atoms. The van der Waals surface area contributed by atoms with Gasteiger partial charge in [0.1, 0.15) is 5.69 Å². The summed E-state index contributed by atoms with van der Waals surface area (Å²) in [4.78, 5) is 16.5. The number of carbonyl (C=O) groups excluding carboxylic acids is 1. The number of nitrogens with zero attached hydrogens (tertiary/aromatic N) is 4. The Morgan fingerprint density at radius 1 is 1.38 bits per heavy atom. The Kier molecular flexibility index (Phi) is 4.39. The van der Waals surface area contributed by atoms with Gasteiger partial charge in [-0.2, -0.15) is 5.10 Å². The highest BCUT2D eigenvalue weighted by atomic mass is 32.1. The van der Waals surface area contributed by atoms with Crippen LogP contribution in [0.4, 0.5) is 5.13 Å². The van der Waals surface area contributed by atoms with E-state index in [1.807, 2.05) is 56.2 Å². The van der Waals surface area contributed by atoms with Gasteiger partial charge in [0.25, 0.3) is 5.91 Å². The fourth-order valence-corrected chi connectivity index (χ4v) is 3.15. The van der Waals surface area contributed by atoms with Crippen LogP contribution in [0.1, 0.15) is 11.4 Å². The van der Waals surface area contributed by atoms with Crippen molar-refractivity contribution in [2.24, 2.45) is 14.1 Å². The highest BCUT2D eigenvalue weighted by molar-refractivity contribution is 7.14. The van der Waals surface area contributed by atoms with E-state index in [4.69, 9.17) is 4.74 Å². The number of hydrogen-bond acceptors (Lipinski definition) is 5. The maximum atomic E-state index is 12.1. The third-order valence-corrected chi connectivity index (χ3v) is 4.50. The first-order valence-corrected chi connectivity index (χ1v) is 8.33. The summed E-state index contributed by atoms with van der Waals surface area (Å²) in [6.45, 7) is 3.68. The molecule has 0 aliphatic carbocycles. The number of ether oxygens (including phenoxy) is 1. The Bertz CT molecular complexity index is 877. The second-order valence-corrected chi connectivity index (χ2v) is 6.36. The fraction of sp³-hybridized carbons (Fsp3) is 0.312. The van der Waals surface area contributed by atoms with Gasteiger partial charge >= 0.3 is 0 Å². The van der Waals surface area contributed by atoms with E-state index in [0.717, 1.165) is 22.8 Å². The van der Waals surface area contributed by atoms with Crippen molar-refractivity contribution < 1.29 is 9.53 Å². The molecule has 8 heteroatoms. The van der Waals surface area contributed by atoms with E-state index in [1.54, 1.807) is 4.68 Å². The normalized spacial score (nSPS) is 10.8. The first-order chi connectivity index (χ1) is 11.5. The van der Waals surface area contributed by atoms with Crippen LogP contribution in [0.15, 0.2) is 23.7 Å². The Morgan fingerprint density at radius 3 is 2.79 bits per heavy atom. The molecular formula is C16H19N5O2S. The Labute approximate surface area is 143 Å². The van der Waals surface area contributed by atoms with Crippen molar-refractivity contribution in [1.82, 2.24) is 19.3 Å². The first kappa shape index (κ1) is 16.3. The molecule has 3 heterocycles. The summed E-state index contributed by atoms with van der Waals surface area (Å²) in [6, 6.07) is 3.94. The Balaban J connectivity index is 1.61. The molecule has 0 saturated carbocycles. The summed E-state index contributed by atoms with van der Waals surface area (Å²) >= 11 is 1.39. The average Bonchev–Trinajstić information content (AvgIpc) is 3.20. The first-order valence-electron chi connectivity index (χ1n) is 7.45. The molecule has 0 atom stereocenters. The number of aromatic nitrogens is 4. The van der Waals surface area contributed by atoms with Gasteiger partial charge < -0.3 is 9.30 Å². The predicted molar refractivity (Wildman–Crippen MR) is 93.3 cm³/mol. The second-order valence-electron chi connectivity index (χ2n) is 5.50. The summed E-state index contributed by atoms with van der Waals surface area (Å²) in [7, 11) is 3.80. The molecular weight excluding hydrogens is 326 g/mol. The molecule has 0 saturated heterocycles. The van der Waals surface area contributed by atoms with E-state index in [1.165, 1.54) is 11.3 Å². The maximum absolute atomic E-state index is 12.1. The Hall–Kier alpha value is -2.61. The van der Waals surface area contributed by atoms with Crippen LogP contribution in [0.25, 0.3) is 11.4 Å². The summed E-state index contributed by atoms with van der Waals surface area (Å²) < 4.78 is 9.31. The van der Waals surface area contributed by atoms with Gasteiger partial charge in [-0.15, -0.1) is 11.3 Å². The summed E-state index contributed by atoms with van der Waals surface area (Å²) in [5, 5.41) is 9.50. The monoisotopic (exact) mass is 345 g/mol. The molecule has 3 aromatic heterocycles. The lowest BCUT2D eigenvalue weighted by Gasteiger charge is -2.06. The van der Waals surface area contributed by atoms with Gasteiger partial charge in [0.15, 0.2) is 17.5 Å². The number of carbonyl (C=O) groups is 1. The van der Waals surface area contributed by atoms with Crippen molar-refractivity contribution in [3.63, 3.8) is 0 Å². The maximum Gasteiger partial charge on any atom is 0.264 e. The number of nitrogens with one attached hydrogen (secondary N) is 1. The van der Waals surface area contributed by atoms with Crippen LogP contribution in [-0.2, 0) is 18.9 Å². The molecule has 0 fully saturated rings. The molecule has 3 rings (SSSR count). The van der Waals surface area contributed by atoms with E-state index in [2.05, 4.69) is 15.4 Å². The zero-order valence-electron chi connectivity index (χ0n) is 14.0. The summed E-state index contributed by atoms with van der Waals surface area (Å²) in [6.07, 6.45) is 1.96. The highest BCUT2D eigenvalue weighted by Gasteiger charge is 2.14. The zero-order valence-corrected chi connectivity index (χ0v) is 14.8.